The molecule has 0 saturated carbocycles. The zero-order chi connectivity index (χ0) is 8.54. The lowest BCUT2D eigenvalue weighted by Crippen LogP contribution is -2.44. The minimum absolute atomic E-state index is 0.278. The molecule has 1 saturated heterocycles. The maximum atomic E-state index is 9.70. The van der Waals surface area contributed by atoms with E-state index >= 15 is 0 Å². The molecule has 0 spiro atoms. The third kappa shape index (κ3) is 1.95. The van der Waals surface area contributed by atoms with Gasteiger partial charge in [0, 0.05) is 12.8 Å². The highest BCUT2D eigenvalue weighted by Crippen LogP contribution is 2.30. The summed E-state index contributed by atoms with van der Waals surface area (Å²) in [6.45, 7) is 4.43. The first kappa shape index (κ1) is 8.58. The van der Waals surface area contributed by atoms with E-state index in [1.54, 1.807) is 0 Å². The average molecular weight is 154 g/mol. The van der Waals surface area contributed by atoms with Crippen LogP contribution in [0.5, 0.6) is 0 Å². The number of aliphatic hydroxyl groups is 1. The first-order chi connectivity index (χ1) is 4.97. The molecule has 1 aliphatic rings. The van der Waals surface area contributed by atoms with E-state index in [1.807, 2.05) is 13.8 Å². The Morgan fingerprint density at radius 2 is 2.18 bits per heavy atom. The summed E-state index contributed by atoms with van der Waals surface area (Å²) in [6.07, 6.45) is 6.28. The maximum absolute atomic E-state index is 9.70. The minimum atomic E-state index is -0.943. The third-order valence-corrected chi connectivity index (χ3v) is 2.00. The van der Waals surface area contributed by atoms with Crippen molar-refractivity contribution < 1.29 is 9.84 Å². The van der Waals surface area contributed by atoms with Crippen LogP contribution < -0.4 is 0 Å². The van der Waals surface area contributed by atoms with Crippen molar-refractivity contribution in [3.05, 3.63) is 0 Å². The smallest absolute Gasteiger partial charge is 0.130 e. The van der Waals surface area contributed by atoms with Gasteiger partial charge in [0.25, 0.3) is 0 Å². The summed E-state index contributed by atoms with van der Waals surface area (Å²) in [5, 5.41) is 9.70. The molecule has 11 heavy (non-hydrogen) atoms. The molecule has 2 heteroatoms. The third-order valence-electron chi connectivity index (χ3n) is 2.00. The molecule has 0 radical (unpaired) electrons. The van der Waals surface area contributed by atoms with Gasteiger partial charge in [0.1, 0.15) is 5.60 Å². The molecule has 1 N–H and O–H groups in total. The van der Waals surface area contributed by atoms with E-state index in [4.69, 9.17) is 11.2 Å². The summed E-state index contributed by atoms with van der Waals surface area (Å²) in [4.78, 5) is 0. The van der Waals surface area contributed by atoms with E-state index in [9.17, 15) is 5.11 Å². The van der Waals surface area contributed by atoms with Crippen LogP contribution >= 0.6 is 0 Å². The van der Waals surface area contributed by atoms with E-state index in [-0.39, 0.29) is 5.60 Å². The largest absolute Gasteiger partial charge is 0.377 e. The van der Waals surface area contributed by atoms with Crippen molar-refractivity contribution in [3.8, 4) is 12.3 Å². The van der Waals surface area contributed by atoms with Gasteiger partial charge in [-0.25, -0.2) is 0 Å². The zero-order valence-electron chi connectivity index (χ0n) is 7.05. The molecular formula is C9H14O2. The topological polar surface area (TPSA) is 29.5 Å². The van der Waals surface area contributed by atoms with Crippen LogP contribution in [-0.2, 0) is 4.74 Å². The maximum Gasteiger partial charge on any atom is 0.130 e. The number of hydrogen-bond donors (Lipinski definition) is 1. The molecule has 0 aromatic rings. The lowest BCUT2D eigenvalue weighted by atomic mass is 9.85. The normalized spacial score (nSPS) is 36.2. The Kier molecular flexibility index (Phi) is 1.96. The van der Waals surface area contributed by atoms with Gasteiger partial charge in [0.05, 0.1) is 12.2 Å². The number of terminal acetylenes is 1. The number of rotatable bonds is 0. The fourth-order valence-electron chi connectivity index (χ4n) is 1.46. The van der Waals surface area contributed by atoms with Crippen LogP contribution in [0.25, 0.3) is 0 Å². The summed E-state index contributed by atoms with van der Waals surface area (Å²) in [5.74, 6) is 2.41. The minimum Gasteiger partial charge on any atom is -0.377 e. The lowest BCUT2D eigenvalue weighted by Gasteiger charge is -2.38. The Morgan fingerprint density at radius 3 is 2.55 bits per heavy atom. The fourth-order valence-corrected chi connectivity index (χ4v) is 1.46. The van der Waals surface area contributed by atoms with Crippen LogP contribution in [0.4, 0.5) is 0 Å². The lowest BCUT2D eigenvalue weighted by molar-refractivity contribution is -0.120. The molecule has 0 unspecified atom stereocenters. The van der Waals surface area contributed by atoms with Gasteiger partial charge >= 0.3 is 0 Å². The van der Waals surface area contributed by atoms with Gasteiger partial charge in [0.15, 0.2) is 0 Å². The molecular weight excluding hydrogens is 140 g/mol. The van der Waals surface area contributed by atoms with Gasteiger partial charge in [-0.05, 0) is 13.8 Å². The zero-order valence-corrected chi connectivity index (χ0v) is 7.05. The first-order valence-electron chi connectivity index (χ1n) is 3.82. The van der Waals surface area contributed by atoms with Crippen molar-refractivity contribution in [1.29, 1.82) is 0 Å². The van der Waals surface area contributed by atoms with Crippen LogP contribution in [-0.4, -0.2) is 22.9 Å². The number of ether oxygens (including phenoxy) is 1. The van der Waals surface area contributed by atoms with Gasteiger partial charge in [-0.3, -0.25) is 0 Å². The predicted octanol–water partition coefficient (Wildman–Crippen LogP) is 0.940. The van der Waals surface area contributed by atoms with Gasteiger partial charge in [0.2, 0.25) is 0 Å². The highest BCUT2D eigenvalue weighted by atomic mass is 16.5. The SMILES string of the molecule is C#C[C@]1(O)CCOC(C)(C)C1. The Morgan fingerprint density at radius 1 is 1.55 bits per heavy atom. The molecule has 0 aromatic carbocycles. The Labute approximate surface area is 67.6 Å². The molecule has 1 heterocycles. The summed E-state index contributed by atoms with van der Waals surface area (Å²) < 4.78 is 5.41. The molecule has 62 valence electrons. The molecule has 0 bridgehead atoms. The Balaban J connectivity index is 2.69. The summed E-state index contributed by atoms with van der Waals surface area (Å²) >= 11 is 0. The second-order valence-corrected chi connectivity index (χ2v) is 3.71. The van der Waals surface area contributed by atoms with Gasteiger partial charge < -0.3 is 9.84 Å². The van der Waals surface area contributed by atoms with E-state index < -0.39 is 5.60 Å². The average Bonchev–Trinajstić information content (AvgIpc) is 1.85. The molecule has 1 rings (SSSR count). The monoisotopic (exact) mass is 154 g/mol. The second-order valence-electron chi connectivity index (χ2n) is 3.71. The van der Waals surface area contributed by atoms with Gasteiger partial charge in [-0.15, -0.1) is 6.42 Å². The van der Waals surface area contributed by atoms with Crippen molar-refractivity contribution in [2.24, 2.45) is 0 Å². The van der Waals surface area contributed by atoms with Crippen LogP contribution in [0.2, 0.25) is 0 Å². The van der Waals surface area contributed by atoms with Crippen molar-refractivity contribution in [1.82, 2.24) is 0 Å². The number of hydrogen-bond acceptors (Lipinski definition) is 2. The molecule has 2 nitrogen and oxygen atoms in total. The van der Waals surface area contributed by atoms with Crippen molar-refractivity contribution >= 4 is 0 Å². The van der Waals surface area contributed by atoms with Crippen LogP contribution in [0.1, 0.15) is 26.7 Å². The molecule has 1 aliphatic heterocycles. The van der Waals surface area contributed by atoms with Gasteiger partial charge in [-0.2, -0.15) is 0 Å². The van der Waals surface area contributed by atoms with Crippen molar-refractivity contribution in [3.63, 3.8) is 0 Å². The van der Waals surface area contributed by atoms with E-state index in [2.05, 4.69) is 5.92 Å². The van der Waals surface area contributed by atoms with Crippen molar-refractivity contribution in [2.45, 2.75) is 37.9 Å². The highest BCUT2D eigenvalue weighted by Gasteiger charge is 2.37. The summed E-state index contributed by atoms with van der Waals surface area (Å²) in [6, 6.07) is 0. The molecule has 0 aliphatic carbocycles. The Hall–Kier alpha value is -0.520. The quantitative estimate of drug-likeness (QED) is 0.526. The Bertz CT molecular complexity index is 190. The molecule has 1 fully saturated rings. The first-order valence-corrected chi connectivity index (χ1v) is 3.82. The summed E-state index contributed by atoms with van der Waals surface area (Å²) in [7, 11) is 0. The van der Waals surface area contributed by atoms with Crippen molar-refractivity contribution in [2.75, 3.05) is 6.61 Å². The second kappa shape index (κ2) is 2.51. The molecule has 1 atom stereocenters. The fraction of sp³-hybridized carbons (Fsp3) is 0.778. The standard InChI is InChI=1S/C9H14O2/c1-4-9(10)5-6-11-8(2,3)7-9/h1,10H,5-7H2,2-3H3/t9-/m0/s1. The molecule has 0 amide bonds. The highest BCUT2D eigenvalue weighted by molar-refractivity contribution is 5.10. The van der Waals surface area contributed by atoms with E-state index in [0.717, 1.165) is 0 Å². The van der Waals surface area contributed by atoms with E-state index in [1.165, 1.54) is 0 Å². The predicted molar refractivity (Wildman–Crippen MR) is 43.0 cm³/mol. The van der Waals surface area contributed by atoms with Gasteiger partial charge in [-0.1, -0.05) is 5.92 Å². The van der Waals surface area contributed by atoms with Crippen LogP contribution in [0.15, 0.2) is 0 Å². The van der Waals surface area contributed by atoms with Crippen LogP contribution in [0, 0.1) is 12.3 Å². The molecule has 0 aromatic heterocycles. The summed E-state index contributed by atoms with van der Waals surface area (Å²) in [5.41, 5.74) is -1.22. The van der Waals surface area contributed by atoms with E-state index in [0.29, 0.717) is 19.4 Å². The van der Waals surface area contributed by atoms with Crippen LogP contribution in [0.3, 0.4) is 0 Å².